The molecule has 4 aromatic rings. The molecule has 0 aliphatic heterocycles. The van der Waals surface area contributed by atoms with E-state index in [0.717, 1.165) is 22.6 Å². The van der Waals surface area contributed by atoms with Gasteiger partial charge >= 0.3 is 0 Å². The van der Waals surface area contributed by atoms with Crippen LogP contribution in [0, 0.1) is 6.92 Å². The molecular formula is C20H18N4. The number of hydrogen-bond donors (Lipinski definition) is 2. The quantitative estimate of drug-likeness (QED) is 0.584. The minimum Gasteiger partial charge on any atom is -0.359 e. The molecular weight excluding hydrogens is 296 g/mol. The third kappa shape index (κ3) is 2.63. The van der Waals surface area contributed by atoms with Crippen LogP contribution in [0.25, 0.3) is 10.9 Å². The van der Waals surface area contributed by atoms with Gasteiger partial charge in [-0.3, -0.25) is 4.98 Å². The topological polar surface area (TPSA) is 53.6 Å². The maximum Gasteiger partial charge on any atom is 0.126 e. The van der Waals surface area contributed by atoms with Crippen LogP contribution in [0.4, 0.5) is 5.82 Å². The van der Waals surface area contributed by atoms with Crippen molar-refractivity contribution >= 4 is 16.7 Å². The van der Waals surface area contributed by atoms with Gasteiger partial charge in [0.15, 0.2) is 0 Å². The van der Waals surface area contributed by atoms with Crippen LogP contribution in [-0.4, -0.2) is 15.0 Å². The van der Waals surface area contributed by atoms with Crippen LogP contribution < -0.4 is 5.32 Å². The fraction of sp³-hybridized carbons (Fsp3) is 0.100. The third-order valence-electron chi connectivity index (χ3n) is 4.23. The van der Waals surface area contributed by atoms with E-state index in [-0.39, 0.29) is 6.04 Å². The van der Waals surface area contributed by atoms with E-state index in [0.29, 0.717) is 0 Å². The zero-order valence-corrected chi connectivity index (χ0v) is 13.4. The predicted octanol–water partition coefficient (Wildman–Crippen LogP) is 4.47. The maximum atomic E-state index is 4.43. The van der Waals surface area contributed by atoms with Crippen molar-refractivity contribution in [3.63, 3.8) is 0 Å². The van der Waals surface area contributed by atoms with Gasteiger partial charge in [0, 0.05) is 40.8 Å². The minimum atomic E-state index is -0.000880. The molecule has 1 atom stereocenters. The summed E-state index contributed by atoms with van der Waals surface area (Å²) in [5.74, 6) is 0.851. The first-order valence-electron chi connectivity index (χ1n) is 7.97. The monoisotopic (exact) mass is 314 g/mol. The molecule has 0 aliphatic carbocycles. The van der Waals surface area contributed by atoms with Gasteiger partial charge in [0.25, 0.3) is 0 Å². The van der Waals surface area contributed by atoms with Gasteiger partial charge in [-0.25, -0.2) is 4.98 Å². The molecule has 118 valence electrons. The Morgan fingerprint density at radius 3 is 2.50 bits per heavy atom. The highest BCUT2D eigenvalue weighted by molar-refractivity contribution is 5.86. The standard InChI is InChI=1S/C20H18N4/c1-14-19(16-6-2-3-7-17(16)23-14)20(15-9-12-21-13-10-15)24-18-8-4-5-11-22-18/h2-13,20,23H,1H3,(H,22,24)/t20-/m0/s1. The van der Waals surface area contributed by atoms with Crippen molar-refractivity contribution in [2.45, 2.75) is 13.0 Å². The van der Waals surface area contributed by atoms with E-state index in [9.17, 15) is 0 Å². The number of anilines is 1. The highest BCUT2D eigenvalue weighted by Crippen LogP contribution is 2.33. The van der Waals surface area contributed by atoms with Crippen molar-refractivity contribution in [3.05, 3.63) is 90.0 Å². The number of H-pyrrole nitrogens is 1. The first-order valence-corrected chi connectivity index (χ1v) is 7.97. The molecule has 0 fully saturated rings. The molecule has 0 radical (unpaired) electrons. The molecule has 0 aliphatic rings. The van der Waals surface area contributed by atoms with E-state index in [4.69, 9.17) is 0 Å². The van der Waals surface area contributed by atoms with Gasteiger partial charge in [-0.15, -0.1) is 0 Å². The highest BCUT2D eigenvalue weighted by atomic mass is 15.0. The number of nitrogens with one attached hydrogen (secondary N) is 2. The molecule has 0 bridgehead atoms. The van der Waals surface area contributed by atoms with Crippen molar-refractivity contribution in [2.75, 3.05) is 5.32 Å². The second-order valence-corrected chi connectivity index (χ2v) is 5.78. The van der Waals surface area contributed by atoms with Crippen molar-refractivity contribution in [1.82, 2.24) is 15.0 Å². The number of fused-ring (bicyclic) bond motifs is 1. The normalized spacial score (nSPS) is 12.2. The highest BCUT2D eigenvalue weighted by Gasteiger charge is 2.21. The molecule has 0 spiro atoms. The van der Waals surface area contributed by atoms with Crippen molar-refractivity contribution in [2.24, 2.45) is 0 Å². The summed E-state index contributed by atoms with van der Waals surface area (Å²) in [5, 5.41) is 4.79. The Kier molecular flexibility index (Phi) is 3.71. The summed E-state index contributed by atoms with van der Waals surface area (Å²) in [7, 11) is 0. The van der Waals surface area contributed by atoms with Crippen LogP contribution in [0.3, 0.4) is 0 Å². The molecule has 0 unspecified atom stereocenters. The van der Waals surface area contributed by atoms with Gasteiger partial charge in [0.05, 0.1) is 6.04 Å². The third-order valence-corrected chi connectivity index (χ3v) is 4.23. The van der Waals surface area contributed by atoms with Crippen LogP contribution in [0.15, 0.2) is 73.2 Å². The molecule has 4 heteroatoms. The number of aryl methyl sites for hydroxylation is 1. The van der Waals surface area contributed by atoms with E-state index < -0.39 is 0 Å². The Balaban J connectivity index is 1.87. The number of para-hydroxylation sites is 1. The lowest BCUT2D eigenvalue weighted by Crippen LogP contribution is -2.14. The van der Waals surface area contributed by atoms with Gasteiger partial charge in [-0.1, -0.05) is 24.3 Å². The summed E-state index contributed by atoms with van der Waals surface area (Å²) >= 11 is 0. The number of hydrogen-bond acceptors (Lipinski definition) is 3. The van der Waals surface area contributed by atoms with Crippen LogP contribution in [0.5, 0.6) is 0 Å². The van der Waals surface area contributed by atoms with Gasteiger partial charge in [0.2, 0.25) is 0 Å². The van der Waals surface area contributed by atoms with Crippen LogP contribution in [0.2, 0.25) is 0 Å². The average Bonchev–Trinajstić information content (AvgIpc) is 2.97. The smallest absolute Gasteiger partial charge is 0.126 e. The number of aromatic amines is 1. The SMILES string of the molecule is Cc1[nH]c2ccccc2c1[C@@H](Nc1ccccn1)c1ccncc1. The van der Waals surface area contributed by atoms with E-state index in [2.05, 4.69) is 51.5 Å². The molecule has 1 aromatic carbocycles. The first kappa shape index (κ1) is 14.5. The molecule has 4 nitrogen and oxygen atoms in total. The van der Waals surface area contributed by atoms with Gasteiger partial charge in [0.1, 0.15) is 5.82 Å². The Morgan fingerprint density at radius 1 is 0.917 bits per heavy atom. The van der Waals surface area contributed by atoms with Crippen LogP contribution in [-0.2, 0) is 0 Å². The van der Waals surface area contributed by atoms with E-state index in [1.165, 1.54) is 10.9 Å². The Hall–Kier alpha value is -3.14. The number of rotatable bonds is 4. The number of pyridine rings is 2. The Labute approximate surface area is 140 Å². The molecule has 0 saturated heterocycles. The maximum absolute atomic E-state index is 4.43. The first-order chi connectivity index (χ1) is 11.8. The molecule has 3 heterocycles. The Morgan fingerprint density at radius 2 is 1.71 bits per heavy atom. The van der Waals surface area contributed by atoms with E-state index in [1.807, 2.05) is 42.7 Å². The summed E-state index contributed by atoms with van der Waals surface area (Å²) < 4.78 is 0. The van der Waals surface area contributed by atoms with Crippen molar-refractivity contribution in [3.8, 4) is 0 Å². The Bertz CT molecular complexity index is 945. The average molecular weight is 314 g/mol. The zero-order valence-electron chi connectivity index (χ0n) is 13.4. The predicted molar refractivity (Wildman–Crippen MR) is 97.0 cm³/mol. The van der Waals surface area contributed by atoms with Gasteiger partial charge in [-0.05, 0) is 42.8 Å². The number of aromatic nitrogens is 3. The molecule has 4 rings (SSSR count). The minimum absolute atomic E-state index is 0.000880. The van der Waals surface area contributed by atoms with E-state index >= 15 is 0 Å². The van der Waals surface area contributed by atoms with Crippen LogP contribution in [0.1, 0.15) is 22.9 Å². The van der Waals surface area contributed by atoms with Crippen molar-refractivity contribution < 1.29 is 0 Å². The lowest BCUT2D eigenvalue weighted by Gasteiger charge is -2.20. The fourth-order valence-electron chi connectivity index (χ4n) is 3.14. The summed E-state index contributed by atoms with van der Waals surface area (Å²) in [6.45, 7) is 2.11. The van der Waals surface area contributed by atoms with Crippen molar-refractivity contribution in [1.29, 1.82) is 0 Å². The second kappa shape index (κ2) is 6.16. The number of nitrogens with zero attached hydrogens (tertiary/aromatic N) is 2. The summed E-state index contributed by atoms with van der Waals surface area (Å²) in [4.78, 5) is 12.1. The van der Waals surface area contributed by atoms with Gasteiger partial charge in [-0.2, -0.15) is 0 Å². The fourth-order valence-corrected chi connectivity index (χ4v) is 3.14. The molecule has 3 aromatic heterocycles. The molecule has 0 saturated carbocycles. The summed E-state index contributed by atoms with van der Waals surface area (Å²) in [6.07, 6.45) is 5.45. The largest absolute Gasteiger partial charge is 0.359 e. The van der Waals surface area contributed by atoms with E-state index in [1.54, 1.807) is 6.20 Å². The van der Waals surface area contributed by atoms with Gasteiger partial charge < -0.3 is 10.3 Å². The zero-order chi connectivity index (χ0) is 16.4. The second-order valence-electron chi connectivity index (χ2n) is 5.78. The molecule has 2 N–H and O–H groups in total. The lowest BCUT2D eigenvalue weighted by molar-refractivity contribution is 0.917. The van der Waals surface area contributed by atoms with Crippen LogP contribution >= 0.6 is 0 Å². The summed E-state index contributed by atoms with van der Waals surface area (Å²) in [5.41, 5.74) is 4.69. The molecule has 0 amide bonds. The lowest BCUT2D eigenvalue weighted by atomic mass is 9.96. The summed E-state index contributed by atoms with van der Waals surface area (Å²) in [6, 6.07) is 18.4. The molecule has 24 heavy (non-hydrogen) atoms. The number of benzene rings is 1.